The fraction of sp³-hybridized carbons (Fsp3) is 0.286. The summed E-state index contributed by atoms with van der Waals surface area (Å²) >= 11 is 0.868. The van der Waals surface area contributed by atoms with E-state index in [-0.39, 0.29) is 22.2 Å². The normalized spacial score (nSPS) is 14.9. The van der Waals surface area contributed by atoms with Gasteiger partial charge in [-0.05, 0) is 31.4 Å². The van der Waals surface area contributed by atoms with Crippen LogP contribution in [0.3, 0.4) is 0 Å². The number of nitrogens with two attached hydrogens (primary N) is 1. The van der Waals surface area contributed by atoms with Crippen molar-refractivity contribution in [2.24, 2.45) is 0 Å². The average Bonchev–Trinajstić information content (AvgIpc) is 2.72. The molecule has 0 radical (unpaired) electrons. The molecule has 0 aliphatic heterocycles. The fourth-order valence-corrected chi connectivity index (χ4v) is 3.37. The van der Waals surface area contributed by atoms with Gasteiger partial charge in [0.1, 0.15) is 10.6 Å². The summed E-state index contributed by atoms with van der Waals surface area (Å²) in [4.78, 5) is 22.4. The maximum Gasteiger partial charge on any atom is 0.348 e. The fourth-order valence-electron chi connectivity index (χ4n) is 2.29. The smallest absolute Gasteiger partial charge is 0.348 e. The van der Waals surface area contributed by atoms with Gasteiger partial charge in [0.2, 0.25) is 0 Å². The van der Waals surface area contributed by atoms with Gasteiger partial charge in [-0.25, -0.2) is 9.59 Å². The van der Waals surface area contributed by atoms with Crippen molar-refractivity contribution < 1.29 is 24.5 Å². The van der Waals surface area contributed by atoms with Crippen molar-refractivity contribution in [3.63, 3.8) is 0 Å². The molecule has 21 heavy (non-hydrogen) atoms. The Morgan fingerprint density at radius 1 is 1.24 bits per heavy atom. The molecule has 1 aliphatic rings. The van der Waals surface area contributed by atoms with Crippen molar-refractivity contribution in [2.75, 3.05) is 5.73 Å². The number of nitrogen functional groups attached to an aromatic ring is 1. The lowest BCUT2D eigenvalue weighted by Gasteiger charge is -2.26. The van der Waals surface area contributed by atoms with E-state index >= 15 is 0 Å². The molecule has 0 amide bonds. The number of aromatic carboxylic acids is 2. The Kier molecular flexibility index (Phi) is 3.21. The van der Waals surface area contributed by atoms with Crippen molar-refractivity contribution in [3.8, 4) is 5.75 Å². The zero-order chi connectivity index (χ0) is 15.1. The molecule has 1 aromatic heterocycles. The standard InChI is InChI=1S/C14H13NO5S/c15-10-9-8(20-6-2-1-3-6)5-4-7(13(16)17)11(9)21-12(10)14(18)19/h4-6H,1-3,15H2,(H,16,17)(H,18,19). The van der Waals surface area contributed by atoms with Gasteiger partial charge < -0.3 is 20.7 Å². The predicted molar refractivity (Wildman–Crippen MR) is 78.4 cm³/mol. The number of carboxylic acids is 2. The van der Waals surface area contributed by atoms with Crippen LogP contribution in [-0.4, -0.2) is 28.3 Å². The van der Waals surface area contributed by atoms with E-state index in [1.54, 1.807) is 6.07 Å². The summed E-state index contributed by atoms with van der Waals surface area (Å²) in [5, 5.41) is 18.8. The van der Waals surface area contributed by atoms with Crippen molar-refractivity contribution in [1.29, 1.82) is 0 Å². The van der Waals surface area contributed by atoms with E-state index < -0.39 is 11.9 Å². The van der Waals surface area contributed by atoms with E-state index in [0.29, 0.717) is 15.8 Å². The van der Waals surface area contributed by atoms with Gasteiger partial charge in [-0.3, -0.25) is 0 Å². The molecule has 0 saturated heterocycles. The monoisotopic (exact) mass is 307 g/mol. The number of fused-ring (bicyclic) bond motifs is 1. The van der Waals surface area contributed by atoms with Crippen molar-refractivity contribution >= 4 is 39.0 Å². The van der Waals surface area contributed by atoms with Crippen LogP contribution in [0.15, 0.2) is 12.1 Å². The molecule has 0 bridgehead atoms. The van der Waals surface area contributed by atoms with Crippen LogP contribution < -0.4 is 10.5 Å². The molecule has 0 unspecified atom stereocenters. The highest BCUT2D eigenvalue weighted by atomic mass is 32.1. The highest BCUT2D eigenvalue weighted by Gasteiger charge is 2.26. The minimum atomic E-state index is -1.17. The molecule has 2 aromatic rings. The van der Waals surface area contributed by atoms with Crippen LogP contribution in [0, 0.1) is 0 Å². The predicted octanol–water partition coefficient (Wildman–Crippen LogP) is 2.81. The molecule has 1 saturated carbocycles. The van der Waals surface area contributed by atoms with Crippen LogP contribution in [0.25, 0.3) is 10.1 Å². The number of rotatable bonds is 4. The summed E-state index contributed by atoms with van der Waals surface area (Å²) in [6.07, 6.45) is 3.08. The number of thiophene rings is 1. The van der Waals surface area contributed by atoms with E-state index in [0.717, 1.165) is 30.6 Å². The summed E-state index contributed by atoms with van der Waals surface area (Å²) in [5.41, 5.74) is 6.01. The second kappa shape index (κ2) is 4.92. The number of hydrogen-bond acceptors (Lipinski definition) is 5. The first-order valence-corrected chi connectivity index (χ1v) is 7.29. The summed E-state index contributed by atoms with van der Waals surface area (Å²) in [5.74, 6) is -1.83. The Morgan fingerprint density at radius 3 is 2.48 bits per heavy atom. The van der Waals surface area contributed by atoms with Gasteiger partial charge in [0.05, 0.1) is 27.4 Å². The van der Waals surface area contributed by atoms with E-state index in [2.05, 4.69) is 0 Å². The third kappa shape index (κ3) is 2.19. The molecule has 110 valence electrons. The number of ether oxygens (including phenoxy) is 1. The van der Waals surface area contributed by atoms with E-state index in [4.69, 9.17) is 15.6 Å². The SMILES string of the molecule is Nc1c(C(=O)O)sc2c(C(=O)O)ccc(OC3CCC3)c12. The molecule has 4 N–H and O–H groups in total. The van der Waals surface area contributed by atoms with Crippen molar-refractivity contribution in [1.82, 2.24) is 0 Å². The zero-order valence-corrected chi connectivity index (χ0v) is 11.8. The topological polar surface area (TPSA) is 110 Å². The molecule has 6 nitrogen and oxygen atoms in total. The molecule has 7 heteroatoms. The summed E-state index contributed by atoms with van der Waals surface area (Å²) in [6, 6.07) is 2.99. The Hall–Kier alpha value is -2.28. The summed E-state index contributed by atoms with van der Waals surface area (Å²) < 4.78 is 6.15. The first-order chi connectivity index (χ1) is 9.99. The number of hydrogen-bond donors (Lipinski definition) is 3. The van der Waals surface area contributed by atoms with Crippen LogP contribution in [-0.2, 0) is 0 Å². The Balaban J connectivity index is 2.22. The van der Waals surface area contributed by atoms with Crippen molar-refractivity contribution in [2.45, 2.75) is 25.4 Å². The second-order valence-electron chi connectivity index (χ2n) is 4.94. The van der Waals surface area contributed by atoms with Gasteiger partial charge in [-0.15, -0.1) is 11.3 Å². The first kappa shape index (κ1) is 13.7. The number of benzene rings is 1. The molecular formula is C14H13NO5S. The molecule has 0 atom stereocenters. The molecule has 1 aliphatic carbocycles. The maximum atomic E-state index is 11.3. The van der Waals surface area contributed by atoms with Crippen LogP contribution in [0.4, 0.5) is 5.69 Å². The molecule has 1 aromatic carbocycles. The van der Waals surface area contributed by atoms with Gasteiger partial charge in [0.25, 0.3) is 0 Å². The van der Waals surface area contributed by atoms with Gasteiger partial charge in [0.15, 0.2) is 0 Å². The van der Waals surface area contributed by atoms with E-state index in [1.807, 2.05) is 0 Å². The van der Waals surface area contributed by atoms with Gasteiger partial charge in [0, 0.05) is 0 Å². The van der Waals surface area contributed by atoms with Crippen LogP contribution in [0.2, 0.25) is 0 Å². The highest BCUT2D eigenvalue weighted by Crippen LogP contribution is 2.42. The van der Waals surface area contributed by atoms with E-state index in [1.165, 1.54) is 6.07 Å². The lowest BCUT2D eigenvalue weighted by atomic mass is 9.96. The quantitative estimate of drug-likeness (QED) is 0.801. The molecule has 1 heterocycles. The maximum absolute atomic E-state index is 11.3. The minimum Gasteiger partial charge on any atom is -0.490 e. The minimum absolute atomic E-state index is 0.0372. The molecule has 1 fully saturated rings. The largest absolute Gasteiger partial charge is 0.490 e. The highest BCUT2D eigenvalue weighted by molar-refractivity contribution is 7.22. The van der Waals surface area contributed by atoms with Crippen LogP contribution in [0.5, 0.6) is 5.75 Å². The first-order valence-electron chi connectivity index (χ1n) is 6.47. The zero-order valence-electron chi connectivity index (χ0n) is 11.0. The third-order valence-electron chi connectivity index (χ3n) is 3.61. The summed E-state index contributed by atoms with van der Waals surface area (Å²) in [6.45, 7) is 0. The lowest BCUT2D eigenvalue weighted by molar-refractivity contribution is 0.0689. The molecule has 3 rings (SSSR count). The number of anilines is 1. The molecule has 0 spiro atoms. The van der Waals surface area contributed by atoms with E-state index in [9.17, 15) is 14.7 Å². The van der Waals surface area contributed by atoms with Gasteiger partial charge >= 0.3 is 11.9 Å². The second-order valence-corrected chi connectivity index (χ2v) is 5.96. The van der Waals surface area contributed by atoms with Crippen molar-refractivity contribution in [3.05, 3.63) is 22.6 Å². The Morgan fingerprint density at radius 2 is 1.95 bits per heavy atom. The number of carboxylic acid groups (broad SMARTS) is 2. The van der Waals surface area contributed by atoms with Gasteiger partial charge in [-0.2, -0.15) is 0 Å². The summed E-state index contributed by atoms with van der Waals surface area (Å²) in [7, 11) is 0. The third-order valence-corrected chi connectivity index (χ3v) is 4.83. The van der Waals surface area contributed by atoms with Crippen LogP contribution in [0.1, 0.15) is 39.3 Å². The molecular weight excluding hydrogens is 294 g/mol. The Labute approximate surface area is 123 Å². The average molecular weight is 307 g/mol. The number of carbonyl (C=O) groups is 2. The van der Waals surface area contributed by atoms with Gasteiger partial charge in [-0.1, -0.05) is 0 Å². The van der Waals surface area contributed by atoms with Crippen LogP contribution >= 0.6 is 11.3 Å². The Bertz CT molecular complexity index is 747. The lowest BCUT2D eigenvalue weighted by Crippen LogP contribution is -2.24.